The molecule has 4 nitrogen and oxygen atoms in total. The van der Waals surface area contributed by atoms with E-state index in [4.69, 9.17) is 10.5 Å². The predicted octanol–water partition coefficient (Wildman–Crippen LogP) is 2.18. The largest absolute Gasteiger partial charge is 0.384 e. The van der Waals surface area contributed by atoms with E-state index in [0.29, 0.717) is 5.82 Å². The molecule has 3 heterocycles. The molecule has 1 aromatic rings. The minimum absolute atomic E-state index is 0.0986. The van der Waals surface area contributed by atoms with Crippen molar-refractivity contribution in [2.75, 3.05) is 32.0 Å². The molecule has 0 saturated carbocycles. The third-order valence-corrected chi connectivity index (χ3v) is 4.75. The van der Waals surface area contributed by atoms with Crippen molar-refractivity contribution in [3.05, 3.63) is 23.4 Å². The molecule has 0 aromatic carbocycles. The third kappa shape index (κ3) is 2.67. The first-order valence-electron chi connectivity index (χ1n) is 7.63. The number of aromatic nitrogens is 1. The quantitative estimate of drug-likeness (QED) is 0.918. The Kier molecular flexibility index (Phi) is 3.69. The van der Waals surface area contributed by atoms with Gasteiger partial charge in [0.25, 0.3) is 0 Å². The van der Waals surface area contributed by atoms with E-state index < -0.39 is 0 Å². The number of nitrogen functional groups attached to an aromatic ring is 1. The minimum atomic E-state index is 0.0986. The van der Waals surface area contributed by atoms with Gasteiger partial charge in [-0.05, 0) is 36.9 Å². The van der Waals surface area contributed by atoms with Crippen molar-refractivity contribution in [3.63, 3.8) is 0 Å². The van der Waals surface area contributed by atoms with Crippen LogP contribution < -0.4 is 5.73 Å². The summed E-state index contributed by atoms with van der Waals surface area (Å²) in [7, 11) is 0. The molecule has 2 aliphatic rings. The number of pyridine rings is 1. The summed E-state index contributed by atoms with van der Waals surface area (Å²) < 4.78 is 5.61. The standard InChI is InChI=1S/C16H25N3O/c1-12-5-7-19(9-12)10-14-13(3-4-15(17)18-14)16(2)6-8-20-11-16/h3-4,12H,5-11H2,1-2H3,(H2,17,18)/t12-,16-/m0/s1. The van der Waals surface area contributed by atoms with Crippen LogP contribution in [0.3, 0.4) is 0 Å². The molecule has 0 unspecified atom stereocenters. The van der Waals surface area contributed by atoms with Crippen LogP contribution in [0.5, 0.6) is 0 Å². The second-order valence-electron chi connectivity index (χ2n) is 6.72. The molecule has 0 bridgehead atoms. The lowest BCUT2D eigenvalue weighted by Crippen LogP contribution is -2.28. The van der Waals surface area contributed by atoms with Crippen LogP contribution in [0.2, 0.25) is 0 Å². The van der Waals surface area contributed by atoms with Gasteiger partial charge in [-0.2, -0.15) is 0 Å². The molecule has 20 heavy (non-hydrogen) atoms. The number of ether oxygens (including phenoxy) is 1. The Morgan fingerprint density at radius 3 is 3.00 bits per heavy atom. The van der Waals surface area contributed by atoms with Gasteiger partial charge in [0.1, 0.15) is 5.82 Å². The van der Waals surface area contributed by atoms with Crippen molar-refractivity contribution < 1.29 is 4.74 Å². The van der Waals surface area contributed by atoms with Gasteiger partial charge in [0.15, 0.2) is 0 Å². The van der Waals surface area contributed by atoms with Gasteiger partial charge in [-0.25, -0.2) is 4.98 Å². The van der Waals surface area contributed by atoms with E-state index in [2.05, 4.69) is 29.8 Å². The van der Waals surface area contributed by atoms with Crippen molar-refractivity contribution in [3.8, 4) is 0 Å². The molecule has 0 aliphatic carbocycles. The van der Waals surface area contributed by atoms with Gasteiger partial charge >= 0.3 is 0 Å². The van der Waals surface area contributed by atoms with Crippen LogP contribution in [0.25, 0.3) is 0 Å². The average Bonchev–Trinajstić information content (AvgIpc) is 2.99. The molecule has 2 atom stereocenters. The van der Waals surface area contributed by atoms with Gasteiger partial charge < -0.3 is 10.5 Å². The molecule has 2 saturated heterocycles. The average molecular weight is 275 g/mol. The van der Waals surface area contributed by atoms with Crippen molar-refractivity contribution in [1.29, 1.82) is 0 Å². The number of hydrogen-bond donors (Lipinski definition) is 1. The van der Waals surface area contributed by atoms with E-state index in [1.807, 2.05) is 6.07 Å². The molecule has 0 spiro atoms. The molecular formula is C16H25N3O. The van der Waals surface area contributed by atoms with E-state index in [1.165, 1.54) is 25.1 Å². The highest BCUT2D eigenvalue weighted by Gasteiger charge is 2.34. The van der Waals surface area contributed by atoms with Crippen molar-refractivity contribution in [1.82, 2.24) is 9.88 Å². The predicted molar refractivity (Wildman–Crippen MR) is 80.5 cm³/mol. The SMILES string of the molecule is C[C@H]1CCN(Cc2nc(N)ccc2[C@@]2(C)CCOC2)C1. The highest BCUT2D eigenvalue weighted by molar-refractivity contribution is 5.38. The molecule has 4 heteroatoms. The Morgan fingerprint density at radius 1 is 1.50 bits per heavy atom. The molecule has 3 rings (SSSR count). The van der Waals surface area contributed by atoms with Crippen LogP contribution in [0, 0.1) is 5.92 Å². The molecule has 0 radical (unpaired) electrons. The first-order valence-corrected chi connectivity index (χ1v) is 7.63. The number of anilines is 1. The maximum absolute atomic E-state index is 5.91. The van der Waals surface area contributed by atoms with Crippen molar-refractivity contribution >= 4 is 5.82 Å². The number of nitrogens with zero attached hydrogens (tertiary/aromatic N) is 2. The van der Waals surface area contributed by atoms with Crippen LogP contribution >= 0.6 is 0 Å². The monoisotopic (exact) mass is 275 g/mol. The third-order valence-electron chi connectivity index (χ3n) is 4.75. The minimum Gasteiger partial charge on any atom is -0.384 e. The molecule has 0 amide bonds. The van der Waals surface area contributed by atoms with Crippen LogP contribution in [0.4, 0.5) is 5.82 Å². The molecule has 2 N–H and O–H groups in total. The number of nitrogens with two attached hydrogens (primary N) is 1. The van der Waals surface area contributed by atoms with Crippen molar-refractivity contribution in [2.45, 2.75) is 38.6 Å². The molecular weight excluding hydrogens is 250 g/mol. The normalized spacial score (nSPS) is 31.0. The van der Waals surface area contributed by atoms with Gasteiger partial charge in [0.2, 0.25) is 0 Å². The first kappa shape index (κ1) is 13.8. The maximum Gasteiger partial charge on any atom is 0.123 e. The Balaban J connectivity index is 1.86. The molecule has 110 valence electrons. The summed E-state index contributed by atoms with van der Waals surface area (Å²) in [6.45, 7) is 9.50. The molecule has 2 aliphatic heterocycles. The summed E-state index contributed by atoms with van der Waals surface area (Å²) in [5, 5.41) is 0. The lowest BCUT2D eigenvalue weighted by atomic mass is 9.81. The molecule has 2 fully saturated rings. The molecule has 1 aromatic heterocycles. The smallest absolute Gasteiger partial charge is 0.123 e. The van der Waals surface area contributed by atoms with Crippen LogP contribution in [-0.2, 0) is 16.7 Å². The fraction of sp³-hybridized carbons (Fsp3) is 0.688. The topological polar surface area (TPSA) is 51.4 Å². The summed E-state index contributed by atoms with van der Waals surface area (Å²) in [4.78, 5) is 7.13. The van der Waals surface area contributed by atoms with Gasteiger partial charge in [-0.15, -0.1) is 0 Å². The summed E-state index contributed by atoms with van der Waals surface area (Å²) in [6.07, 6.45) is 2.36. The van der Waals surface area contributed by atoms with E-state index >= 15 is 0 Å². The highest BCUT2D eigenvalue weighted by Crippen LogP contribution is 2.35. The second-order valence-corrected chi connectivity index (χ2v) is 6.72. The van der Waals surface area contributed by atoms with Gasteiger partial charge in [-0.1, -0.05) is 19.9 Å². The van der Waals surface area contributed by atoms with Gasteiger partial charge in [0, 0.05) is 25.1 Å². The zero-order valence-electron chi connectivity index (χ0n) is 12.6. The Hall–Kier alpha value is -1.13. The van der Waals surface area contributed by atoms with Gasteiger partial charge in [-0.3, -0.25) is 4.90 Å². The number of hydrogen-bond acceptors (Lipinski definition) is 4. The zero-order valence-corrected chi connectivity index (χ0v) is 12.6. The number of rotatable bonds is 3. The number of likely N-dealkylation sites (tertiary alicyclic amines) is 1. The maximum atomic E-state index is 5.91. The lowest BCUT2D eigenvalue weighted by molar-refractivity contribution is 0.180. The van der Waals surface area contributed by atoms with E-state index in [1.54, 1.807) is 0 Å². The summed E-state index contributed by atoms with van der Waals surface area (Å²) in [5.41, 5.74) is 8.48. The zero-order chi connectivity index (χ0) is 14.2. The summed E-state index contributed by atoms with van der Waals surface area (Å²) in [6, 6.07) is 4.08. The van der Waals surface area contributed by atoms with Gasteiger partial charge in [0.05, 0.1) is 12.3 Å². The first-order chi connectivity index (χ1) is 9.57. The summed E-state index contributed by atoms with van der Waals surface area (Å²) in [5.74, 6) is 1.42. The van der Waals surface area contributed by atoms with E-state index in [-0.39, 0.29) is 5.41 Å². The highest BCUT2D eigenvalue weighted by atomic mass is 16.5. The summed E-state index contributed by atoms with van der Waals surface area (Å²) >= 11 is 0. The fourth-order valence-electron chi connectivity index (χ4n) is 3.45. The fourth-order valence-corrected chi connectivity index (χ4v) is 3.45. The second kappa shape index (κ2) is 5.34. The Bertz CT molecular complexity index is 483. The van der Waals surface area contributed by atoms with Crippen LogP contribution in [-0.4, -0.2) is 36.2 Å². The Labute approximate surface area is 121 Å². The lowest BCUT2D eigenvalue weighted by Gasteiger charge is -2.27. The Morgan fingerprint density at radius 2 is 2.35 bits per heavy atom. The van der Waals surface area contributed by atoms with Crippen molar-refractivity contribution in [2.24, 2.45) is 5.92 Å². The van der Waals surface area contributed by atoms with E-state index in [0.717, 1.165) is 37.8 Å². The van der Waals surface area contributed by atoms with Crippen LogP contribution in [0.15, 0.2) is 12.1 Å². The van der Waals surface area contributed by atoms with E-state index in [9.17, 15) is 0 Å². The van der Waals surface area contributed by atoms with Crippen LogP contribution in [0.1, 0.15) is 37.9 Å².